The number of anilines is 1. The van der Waals surface area contributed by atoms with E-state index in [1.165, 1.54) is 0 Å². The van der Waals surface area contributed by atoms with E-state index >= 15 is 0 Å². The molecule has 0 atom stereocenters. The van der Waals surface area contributed by atoms with Crippen molar-refractivity contribution in [3.8, 4) is 0 Å². The quantitative estimate of drug-likeness (QED) is 0.725. The van der Waals surface area contributed by atoms with Crippen LogP contribution in [0.25, 0.3) is 0 Å². The molecule has 2 N–H and O–H groups in total. The Labute approximate surface area is 138 Å². The summed E-state index contributed by atoms with van der Waals surface area (Å²) in [6, 6.07) is 9.24. The molecule has 0 aliphatic rings. The fourth-order valence-corrected chi connectivity index (χ4v) is 2.20. The summed E-state index contributed by atoms with van der Waals surface area (Å²) in [6.45, 7) is 3.52. The minimum absolute atomic E-state index is 0.216. The van der Waals surface area contributed by atoms with Crippen LogP contribution in [-0.2, 0) is 11.3 Å². The van der Waals surface area contributed by atoms with E-state index in [1.807, 2.05) is 37.3 Å². The number of ether oxygens (including phenoxy) is 1. The number of urea groups is 1. The smallest absolute Gasteiger partial charge is 0.319 e. The van der Waals surface area contributed by atoms with Gasteiger partial charge in [0.25, 0.3) is 0 Å². The zero-order valence-corrected chi connectivity index (χ0v) is 14.0. The predicted octanol–water partition coefficient (Wildman–Crippen LogP) is 4.08. The van der Waals surface area contributed by atoms with Crippen LogP contribution in [0.15, 0.2) is 45.5 Å². The molecular formula is C16H19BrN2O3. The molecule has 0 spiro atoms. The Hall–Kier alpha value is -1.79. The topological polar surface area (TPSA) is 63.5 Å². The molecule has 2 rings (SSSR count). The van der Waals surface area contributed by atoms with Gasteiger partial charge in [0.15, 0.2) is 0 Å². The first-order valence-electron chi connectivity index (χ1n) is 7.06. The van der Waals surface area contributed by atoms with Gasteiger partial charge in [0.1, 0.15) is 12.4 Å². The molecule has 5 nitrogen and oxygen atoms in total. The Morgan fingerprint density at radius 2 is 2.23 bits per heavy atom. The zero-order valence-electron chi connectivity index (χ0n) is 12.4. The molecule has 1 heterocycles. The lowest BCUT2D eigenvalue weighted by atomic mass is 10.2. The molecular weight excluding hydrogens is 348 g/mol. The summed E-state index contributed by atoms with van der Waals surface area (Å²) in [5.41, 5.74) is 1.81. The summed E-state index contributed by atoms with van der Waals surface area (Å²) in [5.74, 6) is 0.802. The van der Waals surface area contributed by atoms with Crippen molar-refractivity contribution in [2.45, 2.75) is 20.0 Å². The molecule has 0 saturated carbocycles. The Kier molecular flexibility index (Phi) is 6.48. The van der Waals surface area contributed by atoms with Crippen molar-refractivity contribution >= 4 is 27.6 Å². The van der Waals surface area contributed by atoms with Gasteiger partial charge < -0.3 is 19.8 Å². The van der Waals surface area contributed by atoms with Gasteiger partial charge in [-0.25, -0.2) is 4.79 Å². The van der Waals surface area contributed by atoms with Gasteiger partial charge in [-0.3, -0.25) is 0 Å². The lowest BCUT2D eigenvalue weighted by molar-refractivity contribution is 0.104. The lowest BCUT2D eigenvalue weighted by Gasteiger charge is -2.10. The number of hydrogen-bond acceptors (Lipinski definition) is 3. The number of carbonyl (C=O) groups is 1. The minimum Gasteiger partial charge on any atom is -0.467 e. The standard InChI is InChI=1S/C16H19BrN2O3/c1-12-5-6-13(17)10-15(12)19-16(20)18-7-3-8-21-11-14-4-2-9-22-14/h2,4-6,9-10H,3,7-8,11H2,1H3,(H2,18,19,20). The summed E-state index contributed by atoms with van der Waals surface area (Å²) < 4.78 is 11.5. The van der Waals surface area contributed by atoms with Crippen LogP contribution in [-0.4, -0.2) is 19.2 Å². The average Bonchev–Trinajstić information content (AvgIpc) is 3.00. The molecule has 2 amide bonds. The number of nitrogens with one attached hydrogen (secondary N) is 2. The van der Waals surface area contributed by atoms with E-state index in [4.69, 9.17) is 9.15 Å². The molecule has 0 bridgehead atoms. The molecule has 22 heavy (non-hydrogen) atoms. The van der Waals surface area contributed by atoms with E-state index in [0.717, 1.165) is 27.9 Å². The molecule has 0 aliphatic carbocycles. The number of carbonyl (C=O) groups excluding carboxylic acids is 1. The van der Waals surface area contributed by atoms with Gasteiger partial charge >= 0.3 is 6.03 Å². The predicted molar refractivity (Wildman–Crippen MR) is 88.9 cm³/mol. The van der Waals surface area contributed by atoms with Crippen molar-refractivity contribution < 1.29 is 13.9 Å². The van der Waals surface area contributed by atoms with E-state index in [2.05, 4.69) is 26.6 Å². The van der Waals surface area contributed by atoms with Crippen molar-refractivity contribution in [1.82, 2.24) is 5.32 Å². The largest absolute Gasteiger partial charge is 0.467 e. The second kappa shape index (κ2) is 8.60. The number of aryl methyl sites for hydroxylation is 1. The summed E-state index contributed by atoms with van der Waals surface area (Å²) in [4.78, 5) is 11.8. The first kappa shape index (κ1) is 16.6. The van der Waals surface area contributed by atoms with Crippen molar-refractivity contribution in [2.24, 2.45) is 0 Å². The zero-order chi connectivity index (χ0) is 15.8. The normalized spacial score (nSPS) is 10.5. The summed E-state index contributed by atoms with van der Waals surface area (Å²) in [5, 5.41) is 5.63. The molecule has 6 heteroatoms. The Bertz CT molecular complexity index is 599. The monoisotopic (exact) mass is 366 g/mol. The van der Waals surface area contributed by atoms with Crippen molar-refractivity contribution in [1.29, 1.82) is 0 Å². The minimum atomic E-state index is -0.216. The molecule has 1 aromatic carbocycles. The first-order chi connectivity index (χ1) is 10.6. The third-order valence-electron chi connectivity index (χ3n) is 3.02. The van der Waals surface area contributed by atoms with Crippen molar-refractivity contribution in [2.75, 3.05) is 18.5 Å². The number of halogens is 1. The van der Waals surface area contributed by atoms with E-state index in [1.54, 1.807) is 6.26 Å². The maximum Gasteiger partial charge on any atom is 0.319 e. The van der Waals surface area contributed by atoms with Crippen molar-refractivity contribution in [3.05, 3.63) is 52.4 Å². The molecule has 0 unspecified atom stereocenters. The van der Waals surface area contributed by atoms with E-state index < -0.39 is 0 Å². The highest BCUT2D eigenvalue weighted by atomic mass is 79.9. The second-order valence-electron chi connectivity index (χ2n) is 4.83. The van der Waals surface area contributed by atoms with Crippen LogP contribution in [0.1, 0.15) is 17.7 Å². The van der Waals surface area contributed by atoms with Crippen molar-refractivity contribution in [3.63, 3.8) is 0 Å². The summed E-state index contributed by atoms with van der Waals surface area (Å²) in [6.07, 6.45) is 2.36. The third-order valence-corrected chi connectivity index (χ3v) is 3.52. The molecule has 0 fully saturated rings. The average molecular weight is 367 g/mol. The second-order valence-corrected chi connectivity index (χ2v) is 5.74. The molecule has 2 aromatic rings. The fourth-order valence-electron chi connectivity index (χ4n) is 1.84. The number of furan rings is 1. The van der Waals surface area contributed by atoms with Crippen LogP contribution in [0.3, 0.4) is 0 Å². The van der Waals surface area contributed by atoms with Crippen LogP contribution in [0.4, 0.5) is 10.5 Å². The maximum absolute atomic E-state index is 11.8. The van der Waals surface area contributed by atoms with Crippen LogP contribution < -0.4 is 10.6 Å². The molecule has 0 saturated heterocycles. The molecule has 0 aliphatic heterocycles. The van der Waals surface area contributed by atoms with E-state index in [9.17, 15) is 4.79 Å². The van der Waals surface area contributed by atoms with Gasteiger partial charge in [-0.15, -0.1) is 0 Å². The first-order valence-corrected chi connectivity index (χ1v) is 7.85. The highest BCUT2D eigenvalue weighted by Crippen LogP contribution is 2.20. The number of amides is 2. The van der Waals surface area contributed by atoms with Crippen LogP contribution in [0.5, 0.6) is 0 Å². The van der Waals surface area contributed by atoms with Gasteiger partial charge in [-0.05, 0) is 43.2 Å². The summed E-state index contributed by atoms with van der Waals surface area (Å²) in [7, 11) is 0. The Morgan fingerprint density at radius 1 is 1.36 bits per heavy atom. The van der Waals surface area contributed by atoms with Crippen LogP contribution in [0, 0.1) is 6.92 Å². The highest BCUT2D eigenvalue weighted by molar-refractivity contribution is 9.10. The fraction of sp³-hybridized carbons (Fsp3) is 0.312. The van der Waals surface area contributed by atoms with Crippen LogP contribution >= 0.6 is 15.9 Å². The SMILES string of the molecule is Cc1ccc(Br)cc1NC(=O)NCCCOCc1ccco1. The van der Waals surface area contributed by atoms with Crippen LogP contribution in [0.2, 0.25) is 0 Å². The van der Waals surface area contributed by atoms with E-state index in [-0.39, 0.29) is 6.03 Å². The maximum atomic E-state index is 11.8. The van der Waals surface area contributed by atoms with Gasteiger partial charge in [0.05, 0.1) is 6.26 Å². The van der Waals surface area contributed by atoms with Gasteiger partial charge in [0.2, 0.25) is 0 Å². The number of hydrogen-bond donors (Lipinski definition) is 2. The van der Waals surface area contributed by atoms with Gasteiger partial charge in [0, 0.05) is 23.3 Å². The summed E-state index contributed by atoms with van der Waals surface area (Å²) >= 11 is 3.39. The lowest BCUT2D eigenvalue weighted by Crippen LogP contribution is -2.30. The highest BCUT2D eigenvalue weighted by Gasteiger charge is 2.04. The molecule has 0 radical (unpaired) electrons. The van der Waals surface area contributed by atoms with Gasteiger partial charge in [-0.1, -0.05) is 22.0 Å². The number of rotatable bonds is 7. The Morgan fingerprint density at radius 3 is 3.00 bits per heavy atom. The third kappa shape index (κ3) is 5.54. The Balaban J connectivity index is 1.60. The molecule has 118 valence electrons. The molecule has 1 aromatic heterocycles. The number of benzene rings is 1. The van der Waals surface area contributed by atoms with Gasteiger partial charge in [-0.2, -0.15) is 0 Å². The van der Waals surface area contributed by atoms with E-state index in [0.29, 0.717) is 19.8 Å².